The first-order valence-electron chi connectivity index (χ1n) is 6.53. The number of rotatable bonds is 5. The van der Waals surface area contributed by atoms with Crippen LogP contribution in [-0.2, 0) is 16.6 Å². The fraction of sp³-hybridized carbons (Fsp3) is 0.286. The molecule has 0 aliphatic rings. The summed E-state index contributed by atoms with van der Waals surface area (Å²) in [6.07, 6.45) is 1.04. The third-order valence-electron chi connectivity index (χ3n) is 2.81. The summed E-state index contributed by atoms with van der Waals surface area (Å²) >= 11 is 1.02. The summed E-state index contributed by atoms with van der Waals surface area (Å²) < 4.78 is 24.7. The van der Waals surface area contributed by atoms with Gasteiger partial charge in [0.25, 0.3) is 5.91 Å². The van der Waals surface area contributed by atoms with Gasteiger partial charge in [0.1, 0.15) is 4.88 Å². The molecule has 118 valence electrons. The molecule has 0 unspecified atom stereocenters. The Morgan fingerprint density at radius 2 is 2.05 bits per heavy atom. The molecule has 6 nitrogen and oxygen atoms in total. The summed E-state index contributed by atoms with van der Waals surface area (Å²) in [6, 6.07) is 7.85. The van der Waals surface area contributed by atoms with Crippen LogP contribution in [0.5, 0.6) is 0 Å². The van der Waals surface area contributed by atoms with Crippen LogP contribution < -0.4 is 10.0 Å². The highest BCUT2D eigenvalue weighted by molar-refractivity contribution is 7.92. The highest BCUT2D eigenvalue weighted by Crippen LogP contribution is 2.23. The summed E-state index contributed by atoms with van der Waals surface area (Å²) in [5.41, 5.74) is 2.63. The van der Waals surface area contributed by atoms with Crippen LogP contribution in [0.15, 0.2) is 24.3 Å². The van der Waals surface area contributed by atoms with E-state index >= 15 is 0 Å². The molecule has 0 spiro atoms. The van der Waals surface area contributed by atoms with Crippen molar-refractivity contribution in [2.45, 2.75) is 20.4 Å². The van der Waals surface area contributed by atoms with Crippen molar-refractivity contribution in [1.29, 1.82) is 0 Å². The minimum Gasteiger partial charge on any atom is -0.347 e. The molecule has 0 fully saturated rings. The minimum atomic E-state index is -3.40. The van der Waals surface area contributed by atoms with Crippen molar-refractivity contribution < 1.29 is 13.2 Å². The van der Waals surface area contributed by atoms with Gasteiger partial charge in [-0.2, -0.15) is 0 Å². The number of benzene rings is 1. The van der Waals surface area contributed by atoms with E-state index in [1.54, 1.807) is 6.92 Å². The molecule has 0 aliphatic carbocycles. The van der Waals surface area contributed by atoms with Gasteiger partial charge in [-0.25, -0.2) is 13.4 Å². The first-order chi connectivity index (χ1) is 10.2. The van der Waals surface area contributed by atoms with Crippen LogP contribution in [-0.4, -0.2) is 25.6 Å². The van der Waals surface area contributed by atoms with Crippen molar-refractivity contribution in [3.8, 4) is 0 Å². The van der Waals surface area contributed by atoms with Gasteiger partial charge in [0.05, 0.1) is 11.9 Å². The smallest absolute Gasteiger partial charge is 0.263 e. The average molecular weight is 339 g/mol. The maximum Gasteiger partial charge on any atom is 0.263 e. The molecular formula is C14H17N3O3S2. The van der Waals surface area contributed by atoms with Gasteiger partial charge in [-0.1, -0.05) is 41.2 Å². The number of hydrogen-bond acceptors (Lipinski definition) is 5. The van der Waals surface area contributed by atoms with Gasteiger partial charge >= 0.3 is 0 Å². The number of thiazole rings is 1. The molecule has 0 saturated carbocycles. The Bertz CT molecular complexity index is 797. The molecule has 1 heterocycles. The number of carbonyl (C=O) groups is 1. The Labute approximate surface area is 133 Å². The van der Waals surface area contributed by atoms with Gasteiger partial charge in [-0.05, 0) is 19.4 Å². The van der Waals surface area contributed by atoms with Crippen LogP contribution >= 0.6 is 11.3 Å². The molecule has 8 heteroatoms. The van der Waals surface area contributed by atoms with E-state index in [-0.39, 0.29) is 11.0 Å². The molecule has 1 amide bonds. The number of nitrogens with one attached hydrogen (secondary N) is 2. The Kier molecular flexibility index (Phi) is 4.82. The van der Waals surface area contributed by atoms with Crippen LogP contribution in [0, 0.1) is 13.8 Å². The van der Waals surface area contributed by atoms with Crippen LogP contribution in [0.2, 0.25) is 0 Å². The van der Waals surface area contributed by atoms with E-state index in [0.29, 0.717) is 17.1 Å². The number of anilines is 1. The molecule has 2 N–H and O–H groups in total. The van der Waals surface area contributed by atoms with Crippen LogP contribution in [0.25, 0.3) is 0 Å². The van der Waals surface area contributed by atoms with Crippen molar-refractivity contribution in [1.82, 2.24) is 10.3 Å². The maximum absolute atomic E-state index is 12.2. The van der Waals surface area contributed by atoms with Gasteiger partial charge in [0, 0.05) is 6.54 Å². The van der Waals surface area contributed by atoms with E-state index in [0.717, 1.165) is 28.7 Å². The number of aromatic nitrogens is 1. The SMILES string of the molecule is Cc1cccc(CNC(=O)c2sc(NS(C)(=O)=O)nc2C)c1. The van der Waals surface area contributed by atoms with E-state index < -0.39 is 10.0 Å². The van der Waals surface area contributed by atoms with Crippen molar-refractivity contribution in [2.75, 3.05) is 11.0 Å². The Hall–Kier alpha value is -1.93. The predicted octanol–water partition coefficient (Wildman–Crippen LogP) is 2.06. The molecule has 0 aliphatic heterocycles. The normalized spacial score (nSPS) is 11.2. The second-order valence-electron chi connectivity index (χ2n) is 4.98. The lowest BCUT2D eigenvalue weighted by Crippen LogP contribution is -2.22. The Balaban J connectivity index is 2.06. The topological polar surface area (TPSA) is 88.2 Å². The third-order valence-corrected chi connectivity index (χ3v) is 4.58. The van der Waals surface area contributed by atoms with E-state index in [2.05, 4.69) is 15.0 Å². The summed E-state index contributed by atoms with van der Waals surface area (Å²) in [5.74, 6) is -0.266. The fourth-order valence-electron chi connectivity index (χ4n) is 1.89. The van der Waals surface area contributed by atoms with Crippen LogP contribution in [0.3, 0.4) is 0 Å². The lowest BCUT2D eigenvalue weighted by Gasteiger charge is -2.05. The largest absolute Gasteiger partial charge is 0.347 e. The minimum absolute atomic E-state index is 0.195. The second kappa shape index (κ2) is 6.45. The zero-order valence-corrected chi connectivity index (χ0v) is 14.1. The molecular weight excluding hydrogens is 322 g/mol. The standard InChI is InChI=1S/C14H17N3O3S2/c1-9-5-4-6-11(7-9)8-15-13(18)12-10(2)16-14(21-12)17-22(3,19)20/h4-7H,8H2,1-3H3,(H,15,18)(H,16,17). The van der Waals surface area contributed by atoms with Crippen LogP contribution in [0.4, 0.5) is 5.13 Å². The third kappa shape index (κ3) is 4.54. The van der Waals surface area contributed by atoms with Crippen molar-refractivity contribution in [3.05, 3.63) is 46.0 Å². The lowest BCUT2D eigenvalue weighted by atomic mass is 10.1. The number of aryl methyl sites for hydroxylation is 2. The zero-order valence-electron chi connectivity index (χ0n) is 12.5. The van der Waals surface area contributed by atoms with Gasteiger partial charge in [-0.15, -0.1) is 0 Å². The molecule has 0 bridgehead atoms. The first-order valence-corrected chi connectivity index (χ1v) is 9.24. The zero-order chi connectivity index (χ0) is 16.3. The van der Waals surface area contributed by atoms with Gasteiger partial charge in [0.2, 0.25) is 10.0 Å². The number of amides is 1. The quantitative estimate of drug-likeness (QED) is 0.873. The molecule has 0 radical (unpaired) electrons. The molecule has 22 heavy (non-hydrogen) atoms. The predicted molar refractivity (Wildman–Crippen MR) is 87.7 cm³/mol. The number of hydrogen-bond donors (Lipinski definition) is 2. The van der Waals surface area contributed by atoms with E-state index in [9.17, 15) is 13.2 Å². The molecule has 2 rings (SSSR count). The summed E-state index contributed by atoms with van der Waals surface area (Å²) in [7, 11) is -3.40. The Morgan fingerprint density at radius 3 is 2.68 bits per heavy atom. The average Bonchev–Trinajstić information content (AvgIpc) is 2.74. The summed E-state index contributed by atoms with van der Waals surface area (Å²) in [4.78, 5) is 16.6. The fourth-order valence-corrected chi connectivity index (χ4v) is 3.61. The summed E-state index contributed by atoms with van der Waals surface area (Å²) in [6.45, 7) is 4.07. The van der Waals surface area contributed by atoms with E-state index in [1.807, 2.05) is 31.2 Å². The molecule has 1 aromatic heterocycles. The van der Waals surface area contributed by atoms with E-state index in [4.69, 9.17) is 0 Å². The van der Waals surface area contributed by atoms with Gasteiger partial charge in [0.15, 0.2) is 5.13 Å². The summed E-state index contributed by atoms with van der Waals surface area (Å²) in [5, 5.41) is 3.01. The number of nitrogens with zero attached hydrogens (tertiary/aromatic N) is 1. The van der Waals surface area contributed by atoms with Gasteiger partial charge < -0.3 is 5.32 Å². The van der Waals surface area contributed by atoms with E-state index in [1.165, 1.54) is 0 Å². The molecule has 1 aromatic carbocycles. The first kappa shape index (κ1) is 16.4. The molecule has 2 aromatic rings. The number of sulfonamides is 1. The van der Waals surface area contributed by atoms with Crippen LogP contribution in [0.1, 0.15) is 26.5 Å². The van der Waals surface area contributed by atoms with Gasteiger partial charge in [-0.3, -0.25) is 9.52 Å². The lowest BCUT2D eigenvalue weighted by molar-refractivity contribution is 0.0954. The molecule has 0 atom stereocenters. The maximum atomic E-state index is 12.2. The Morgan fingerprint density at radius 1 is 1.32 bits per heavy atom. The molecule has 0 saturated heterocycles. The monoisotopic (exact) mass is 339 g/mol. The highest BCUT2D eigenvalue weighted by atomic mass is 32.2. The van der Waals surface area contributed by atoms with Crippen molar-refractivity contribution in [2.24, 2.45) is 0 Å². The number of carbonyl (C=O) groups excluding carboxylic acids is 1. The second-order valence-corrected chi connectivity index (χ2v) is 7.73. The van der Waals surface area contributed by atoms with Crippen molar-refractivity contribution in [3.63, 3.8) is 0 Å². The van der Waals surface area contributed by atoms with Crippen molar-refractivity contribution >= 4 is 32.4 Å². The highest BCUT2D eigenvalue weighted by Gasteiger charge is 2.16.